The van der Waals surface area contributed by atoms with E-state index in [-0.39, 0.29) is 22.8 Å². The molecule has 0 bridgehead atoms. The Morgan fingerprint density at radius 2 is 2.25 bits per heavy atom. The first-order valence-corrected chi connectivity index (χ1v) is 4.82. The molecule has 0 amide bonds. The number of carboxylic acids is 1. The van der Waals surface area contributed by atoms with Gasteiger partial charge in [-0.25, -0.2) is 8.78 Å². The van der Waals surface area contributed by atoms with Crippen molar-refractivity contribution in [2.24, 2.45) is 0 Å². The lowest BCUT2D eigenvalue weighted by Gasteiger charge is -2.12. The summed E-state index contributed by atoms with van der Waals surface area (Å²) in [6.07, 6.45) is -2.32. The minimum atomic E-state index is -2.85. The van der Waals surface area contributed by atoms with Crippen molar-refractivity contribution >= 4 is 23.3 Å². The van der Waals surface area contributed by atoms with Crippen molar-refractivity contribution in [2.45, 2.75) is 18.7 Å². The lowest BCUT2D eigenvalue weighted by Crippen LogP contribution is -2.10. The van der Waals surface area contributed by atoms with Gasteiger partial charge in [-0.05, 0) is 5.56 Å². The first-order chi connectivity index (χ1) is 7.47. The van der Waals surface area contributed by atoms with Gasteiger partial charge in [0.05, 0.1) is 23.7 Å². The summed E-state index contributed by atoms with van der Waals surface area (Å²) < 4.78 is 25.4. The van der Waals surface area contributed by atoms with Crippen molar-refractivity contribution in [3.8, 4) is 0 Å². The summed E-state index contributed by atoms with van der Waals surface area (Å²) in [4.78, 5) is 14.2. The Morgan fingerprint density at radius 3 is 2.69 bits per heavy atom. The first kappa shape index (κ1) is 12.6. The number of rotatable bonds is 4. The minimum Gasteiger partial charge on any atom is -0.481 e. The lowest BCUT2D eigenvalue weighted by molar-refractivity contribution is -0.136. The zero-order valence-electron chi connectivity index (χ0n) is 8.08. The summed E-state index contributed by atoms with van der Waals surface area (Å²) in [5, 5.41) is 8.55. The molecule has 1 rings (SSSR count). The Bertz CT molecular complexity index is 413. The number of anilines is 1. The molecule has 3 N–H and O–H groups in total. The van der Waals surface area contributed by atoms with Gasteiger partial charge in [-0.3, -0.25) is 9.78 Å². The summed E-state index contributed by atoms with van der Waals surface area (Å²) in [7, 11) is 0. The second-order valence-electron chi connectivity index (χ2n) is 3.06. The highest BCUT2D eigenvalue weighted by molar-refractivity contribution is 6.17. The number of nitrogens with two attached hydrogens (primary N) is 1. The van der Waals surface area contributed by atoms with E-state index in [2.05, 4.69) is 4.98 Å². The molecule has 0 aliphatic carbocycles. The summed E-state index contributed by atoms with van der Waals surface area (Å²) in [6, 6.07) is 0. The number of carboxylic acid groups (broad SMARTS) is 1. The smallest absolute Gasteiger partial charge is 0.307 e. The number of aliphatic carboxylic acids is 1. The van der Waals surface area contributed by atoms with Crippen LogP contribution in [0, 0.1) is 0 Å². The van der Waals surface area contributed by atoms with Gasteiger partial charge in [0.15, 0.2) is 0 Å². The maximum atomic E-state index is 12.7. The van der Waals surface area contributed by atoms with E-state index in [0.717, 1.165) is 6.20 Å². The first-order valence-electron chi connectivity index (χ1n) is 4.29. The molecule has 16 heavy (non-hydrogen) atoms. The average molecular weight is 251 g/mol. The van der Waals surface area contributed by atoms with Crippen LogP contribution in [-0.4, -0.2) is 16.1 Å². The molecule has 0 unspecified atom stereocenters. The van der Waals surface area contributed by atoms with E-state index in [9.17, 15) is 13.6 Å². The molecule has 0 spiro atoms. The van der Waals surface area contributed by atoms with Crippen LogP contribution in [0.5, 0.6) is 0 Å². The zero-order valence-corrected chi connectivity index (χ0v) is 8.84. The summed E-state index contributed by atoms with van der Waals surface area (Å²) >= 11 is 5.46. The third-order valence-corrected chi connectivity index (χ3v) is 2.26. The number of alkyl halides is 3. The number of halogens is 3. The largest absolute Gasteiger partial charge is 0.481 e. The monoisotopic (exact) mass is 250 g/mol. The second kappa shape index (κ2) is 5.07. The van der Waals surface area contributed by atoms with Gasteiger partial charge in [0.25, 0.3) is 6.43 Å². The Kier molecular flexibility index (Phi) is 4.00. The van der Waals surface area contributed by atoms with E-state index in [1.807, 2.05) is 0 Å². The van der Waals surface area contributed by atoms with Crippen LogP contribution in [0.15, 0.2) is 6.20 Å². The van der Waals surface area contributed by atoms with Crippen LogP contribution in [0.4, 0.5) is 14.5 Å². The van der Waals surface area contributed by atoms with E-state index in [4.69, 9.17) is 22.4 Å². The number of aromatic nitrogens is 1. The predicted octanol–water partition coefficient (Wildman–Crippen LogP) is 1.97. The highest BCUT2D eigenvalue weighted by Crippen LogP contribution is 2.31. The number of nitrogens with zero attached hydrogens (tertiary/aromatic N) is 1. The molecule has 1 aromatic heterocycles. The predicted molar refractivity (Wildman–Crippen MR) is 54.5 cm³/mol. The molecule has 1 aromatic rings. The number of hydrogen-bond donors (Lipinski definition) is 2. The van der Waals surface area contributed by atoms with Crippen molar-refractivity contribution in [1.82, 2.24) is 4.98 Å². The highest BCUT2D eigenvalue weighted by Gasteiger charge is 2.21. The molecule has 0 saturated heterocycles. The maximum absolute atomic E-state index is 12.7. The standard InChI is InChI=1S/C9H9ClF2N2O2/c10-2-5-8(13)7(9(11)12)4(3-14-5)1-6(15)16/h3,9H,1-2,13H2,(H,15,16). The number of carbonyl (C=O) groups is 1. The van der Waals surface area contributed by atoms with Gasteiger partial charge in [-0.15, -0.1) is 11.6 Å². The van der Waals surface area contributed by atoms with Crippen molar-refractivity contribution in [1.29, 1.82) is 0 Å². The number of hydrogen-bond acceptors (Lipinski definition) is 3. The minimum absolute atomic E-state index is 0.0890. The number of pyridine rings is 1. The molecule has 88 valence electrons. The maximum Gasteiger partial charge on any atom is 0.307 e. The van der Waals surface area contributed by atoms with E-state index in [0.29, 0.717) is 0 Å². The molecule has 0 radical (unpaired) electrons. The quantitative estimate of drug-likeness (QED) is 0.801. The Labute approximate surface area is 95.0 Å². The fraction of sp³-hybridized carbons (Fsp3) is 0.333. The Morgan fingerprint density at radius 1 is 1.62 bits per heavy atom. The fourth-order valence-corrected chi connectivity index (χ4v) is 1.50. The Balaban J connectivity index is 3.28. The molecule has 0 aliphatic heterocycles. The molecule has 1 heterocycles. The fourth-order valence-electron chi connectivity index (χ4n) is 1.29. The Hall–Kier alpha value is -1.43. The third kappa shape index (κ3) is 2.57. The van der Waals surface area contributed by atoms with Gasteiger partial charge in [0, 0.05) is 11.8 Å². The average Bonchev–Trinajstić information content (AvgIpc) is 2.16. The van der Waals surface area contributed by atoms with Crippen LogP contribution < -0.4 is 5.73 Å². The van der Waals surface area contributed by atoms with Crippen LogP contribution >= 0.6 is 11.6 Å². The molecule has 4 nitrogen and oxygen atoms in total. The third-order valence-electron chi connectivity index (χ3n) is 2.01. The topological polar surface area (TPSA) is 76.2 Å². The second-order valence-corrected chi connectivity index (χ2v) is 3.33. The van der Waals surface area contributed by atoms with Gasteiger partial charge in [-0.1, -0.05) is 0 Å². The van der Waals surface area contributed by atoms with Crippen LogP contribution in [0.1, 0.15) is 23.2 Å². The van der Waals surface area contributed by atoms with Gasteiger partial charge >= 0.3 is 5.97 Å². The molecule has 0 fully saturated rings. The van der Waals surface area contributed by atoms with Crippen LogP contribution in [0.2, 0.25) is 0 Å². The van der Waals surface area contributed by atoms with Crippen LogP contribution in [0.25, 0.3) is 0 Å². The van der Waals surface area contributed by atoms with Crippen molar-refractivity contribution in [2.75, 3.05) is 5.73 Å². The van der Waals surface area contributed by atoms with Gasteiger partial charge in [0.1, 0.15) is 0 Å². The van der Waals surface area contributed by atoms with Gasteiger partial charge < -0.3 is 10.8 Å². The normalized spacial score (nSPS) is 10.8. The summed E-state index contributed by atoms with van der Waals surface area (Å²) in [5.74, 6) is -1.32. The van der Waals surface area contributed by atoms with Crippen LogP contribution in [0.3, 0.4) is 0 Å². The van der Waals surface area contributed by atoms with Gasteiger partial charge in [0.2, 0.25) is 0 Å². The molecule has 0 saturated carbocycles. The molecule has 0 aliphatic rings. The highest BCUT2D eigenvalue weighted by atomic mass is 35.5. The molecule has 0 aromatic carbocycles. The SMILES string of the molecule is Nc1c(CCl)ncc(CC(=O)O)c1C(F)F. The van der Waals surface area contributed by atoms with Gasteiger partial charge in [-0.2, -0.15) is 0 Å². The van der Waals surface area contributed by atoms with Crippen molar-refractivity contribution in [3.05, 3.63) is 23.0 Å². The van der Waals surface area contributed by atoms with E-state index in [1.54, 1.807) is 0 Å². The molecular weight excluding hydrogens is 242 g/mol. The van der Waals surface area contributed by atoms with E-state index >= 15 is 0 Å². The van der Waals surface area contributed by atoms with Crippen molar-refractivity contribution in [3.63, 3.8) is 0 Å². The molecule has 7 heteroatoms. The number of nitrogen functional groups attached to an aromatic ring is 1. The van der Waals surface area contributed by atoms with E-state index < -0.39 is 24.4 Å². The molecular formula is C9H9ClF2N2O2. The van der Waals surface area contributed by atoms with E-state index in [1.165, 1.54) is 0 Å². The van der Waals surface area contributed by atoms with Crippen molar-refractivity contribution < 1.29 is 18.7 Å². The zero-order chi connectivity index (χ0) is 12.3. The molecule has 0 atom stereocenters. The summed E-state index contributed by atoms with van der Waals surface area (Å²) in [5.41, 5.74) is 4.77. The lowest BCUT2D eigenvalue weighted by atomic mass is 10.0. The van der Waals surface area contributed by atoms with Crippen LogP contribution in [-0.2, 0) is 17.1 Å². The summed E-state index contributed by atoms with van der Waals surface area (Å²) in [6.45, 7) is 0.